The molecule has 1 aliphatic heterocycles. The molecule has 1 saturated heterocycles. The monoisotopic (exact) mass is 498 g/mol. The fourth-order valence-electron chi connectivity index (χ4n) is 4.52. The first-order valence-electron chi connectivity index (χ1n) is 12.2. The lowest BCUT2D eigenvalue weighted by Crippen LogP contribution is -2.48. The van der Waals surface area contributed by atoms with Crippen LogP contribution in [0, 0.1) is 13.8 Å². The van der Waals surface area contributed by atoms with Gasteiger partial charge in [0.15, 0.2) is 11.0 Å². The minimum Gasteiger partial charge on any atom is -0.339 e. The lowest BCUT2D eigenvalue weighted by molar-refractivity contribution is -0.130. The smallest absolute Gasteiger partial charge is 0.233 e. The predicted octanol–water partition coefficient (Wildman–Crippen LogP) is 4.38. The van der Waals surface area contributed by atoms with Crippen molar-refractivity contribution < 1.29 is 4.79 Å². The number of rotatable bonds is 7. The Labute approximate surface area is 216 Å². The molecule has 1 aliphatic rings. The number of thioether (sulfide) groups is 1. The molecule has 8 heteroatoms. The van der Waals surface area contributed by atoms with E-state index in [4.69, 9.17) is 0 Å². The van der Waals surface area contributed by atoms with Crippen molar-refractivity contribution in [1.82, 2.24) is 29.5 Å². The third-order valence-corrected chi connectivity index (χ3v) is 7.36. The molecule has 0 N–H and O–H groups in total. The molecule has 2 aromatic carbocycles. The SMILES string of the molecule is Cc1cccc(CN2CCN(C(=O)CSc3nnc(-c4cccnc4)n3-c3ccccc3C)CC2)c1. The number of aryl methyl sites for hydroxylation is 2. The molecular weight excluding hydrogens is 468 g/mol. The van der Waals surface area contributed by atoms with Gasteiger partial charge in [0, 0.05) is 50.7 Å². The van der Waals surface area contributed by atoms with E-state index in [0.29, 0.717) is 10.9 Å². The van der Waals surface area contributed by atoms with Crippen LogP contribution in [-0.2, 0) is 11.3 Å². The number of carbonyl (C=O) groups excluding carboxylic acids is 1. The molecule has 0 spiro atoms. The highest BCUT2D eigenvalue weighted by Crippen LogP contribution is 2.29. The van der Waals surface area contributed by atoms with Gasteiger partial charge in [-0.3, -0.25) is 19.2 Å². The summed E-state index contributed by atoms with van der Waals surface area (Å²) in [7, 11) is 0. The Morgan fingerprint density at radius 1 is 0.944 bits per heavy atom. The average molecular weight is 499 g/mol. The van der Waals surface area contributed by atoms with Crippen LogP contribution in [0.15, 0.2) is 78.2 Å². The van der Waals surface area contributed by atoms with E-state index < -0.39 is 0 Å². The maximum absolute atomic E-state index is 13.1. The molecule has 0 radical (unpaired) electrons. The molecular formula is C28H30N6OS. The predicted molar refractivity (Wildman–Crippen MR) is 143 cm³/mol. The van der Waals surface area contributed by atoms with Gasteiger partial charge < -0.3 is 4.90 Å². The van der Waals surface area contributed by atoms with Crippen molar-refractivity contribution in [2.45, 2.75) is 25.5 Å². The fourth-order valence-corrected chi connectivity index (χ4v) is 5.37. The Hall–Kier alpha value is -3.49. The molecule has 0 saturated carbocycles. The summed E-state index contributed by atoms with van der Waals surface area (Å²) in [4.78, 5) is 21.7. The summed E-state index contributed by atoms with van der Waals surface area (Å²) in [6.07, 6.45) is 3.53. The van der Waals surface area contributed by atoms with Gasteiger partial charge in [-0.15, -0.1) is 10.2 Å². The van der Waals surface area contributed by atoms with E-state index in [9.17, 15) is 4.79 Å². The Bertz CT molecular complexity index is 1330. The van der Waals surface area contributed by atoms with Crippen LogP contribution in [0.2, 0.25) is 0 Å². The first-order valence-corrected chi connectivity index (χ1v) is 13.2. The second-order valence-corrected chi connectivity index (χ2v) is 10.0. The molecule has 5 rings (SSSR count). The summed E-state index contributed by atoms with van der Waals surface area (Å²) in [5.41, 5.74) is 5.60. The fraction of sp³-hybridized carbons (Fsp3) is 0.286. The van der Waals surface area contributed by atoms with Gasteiger partial charge >= 0.3 is 0 Å². The largest absolute Gasteiger partial charge is 0.339 e. The van der Waals surface area contributed by atoms with Crippen molar-refractivity contribution in [2.24, 2.45) is 0 Å². The number of aromatic nitrogens is 4. The molecule has 36 heavy (non-hydrogen) atoms. The number of nitrogens with zero attached hydrogens (tertiary/aromatic N) is 6. The second kappa shape index (κ2) is 11.1. The normalized spacial score (nSPS) is 14.2. The highest BCUT2D eigenvalue weighted by molar-refractivity contribution is 7.99. The van der Waals surface area contributed by atoms with Gasteiger partial charge in [0.05, 0.1) is 11.4 Å². The molecule has 0 atom stereocenters. The van der Waals surface area contributed by atoms with Crippen molar-refractivity contribution in [1.29, 1.82) is 0 Å². The lowest BCUT2D eigenvalue weighted by atomic mass is 10.1. The van der Waals surface area contributed by atoms with Gasteiger partial charge in [0.25, 0.3) is 0 Å². The van der Waals surface area contributed by atoms with E-state index >= 15 is 0 Å². The van der Waals surface area contributed by atoms with E-state index in [1.54, 1.807) is 12.4 Å². The molecule has 1 fully saturated rings. The van der Waals surface area contributed by atoms with E-state index in [-0.39, 0.29) is 5.91 Å². The Morgan fingerprint density at radius 3 is 2.53 bits per heavy atom. The zero-order valence-electron chi connectivity index (χ0n) is 20.7. The van der Waals surface area contributed by atoms with E-state index in [2.05, 4.69) is 70.3 Å². The molecule has 7 nitrogen and oxygen atoms in total. The van der Waals surface area contributed by atoms with E-state index in [0.717, 1.165) is 55.4 Å². The van der Waals surface area contributed by atoms with E-state index in [1.807, 2.05) is 33.7 Å². The van der Waals surface area contributed by atoms with Gasteiger partial charge in [0.1, 0.15) is 0 Å². The first-order chi connectivity index (χ1) is 17.6. The van der Waals surface area contributed by atoms with Crippen molar-refractivity contribution >= 4 is 17.7 Å². The minimum absolute atomic E-state index is 0.137. The molecule has 0 bridgehead atoms. The molecule has 184 valence electrons. The zero-order chi connectivity index (χ0) is 24.9. The van der Waals surface area contributed by atoms with Gasteiger partial charge in [-0.1, -0.05) is 59.8 Å². The number of carbonyl (C=O) groups is 1. The third-order valence-electron chi connectivity index (χ3n) is 6.45. The van der Waals surface area contributed by atoms with Gasteiger partial charge in [-0.05, 0) is 43.2 Å². The number of hydrogen-bond donors (Lipinski definition) is 0. The summed E-state index contributed by atoms with van der Waals surface area (Å²) in [5.74, 6) is 1.18. The van der Waals surface area contributed by atoms with Gasteiger partial charge in [-0.2, -0.15) is 0 Å². The van der Waals surface area contributed by atoms with Gasteiger partial charge in [-0.25, -0.2) is 0 Å². The van der Waals surface area contributed by atoms with Crippen LogP contribution >= 0.6 is 11.8 Å². The summed E-state index contributed by atoms with van der Waals surface area (Å²) in [5, 5.41) is 9.64. The molecule has 1 amide bonds. The molecule has 0 aliphatic carbocycles. The van der Waals surface area contributed by atoms with Crippen LogP contribution in [0.4, 0.5) is 0 Å². The van der Waals surface area contributed by atoms with E-state index in [1.165, 1.54) is 22.9 Å². The van der Waals surface area contributed by atoms with Crippen LogP contribution in [0.1, 0.15) is 16.7 Å². The number of piperazine rings is 1. The quantitative estimate of drug-likeness (QED) is 0.352. The van der Waals surface area contributed by atoms with Crippen LogP contribution in [0.5, 0.6) is 0 Å². The summed E-state index contributed by atoms with van der Waals surface area (Å²) in [6.45, 7) is 8.38. The average Bonchev–Trinajstić information content (AvgIpc) is 3.32. The second-order valence-electron chi connectivity index (χ2n) is 9.10. The molecule has 3 heterocycles. The van der Waals surface area contributed by atoms with Crippen LogP contribution in [-0.4, -0.2) is 67.4 Å². The zero-order valence-corrected chi connectivity index (χ0v) is 21.5. The highest BCUT2D eigenvalue weighted by Gasteiger charge is 2.23. The molecule has 0 unspecified atom stereocenters. The van der Waals surface area contributed by atoms with Crippen LogP contribution in [0.3, 0.4) is 0 Å². The third kappa shape index (κ3) is 5.50. The molecule has 4 aromatic rings. The Kier molecular flexibility index (Phi) is 7.44. The minimum atomic E-state index is 0.137. The van der Waals surface area contributed by atoms with Crippen molar-refractivity contribution in [3.05, 3.63) is 89.7 Å². The number of para-hydroxylation sites is 1. The number of benzene rings is 2. The Balaban J connectivity index is 1.25. The summed E-state index contributed by atoms with van der Waals surface area (Å²) < 4.78 is 2.03. The first kappa shape index (κ1) is 24.2. The maximum Gasteiger partial charge on any atom is 0.233 e. The van der Waals surface area contributed by atoms with Crippen LogP contribution in [0.25, 0.3) is 17.1 Å². The Morgan fingerprint density at radius 2 is 1.78 bits per heavy atom. The van der Waals surface area contributed by atoms with Crippen molar-refractivity contribution in [2.75, 3.05) is 31.9 Å². The number of hydrogen-bond acceptors (Lipinski definition) is 6. The van der Waals surface area contributed by atoms with Crippen molar-refractivity contribution in [3.8, 4) is 17.1 Å². The topological polar surface area (TPSA) is 67.2 Å². The summed E-state index contributed by atoms with van der Waals surface area (Å²) >= 11 is 1.44. The standard InChI is InChI=1S/C28H30N6OS/c1-21-7-5-9-23(17-21)19-32-13-15-33(16-14-32)26(35)20-36-28-31-30-27(24-10-6-12-29-18-24)34(28)25-11-4-3-8-22(25)2/h3-12,17-18H,13-16,19-20H2,1-2H3. The number of pyridine rings is 1. The van der Waals surface area contributed by atoms with Crippen LogP contribution < -0.4 is 0 Å². The highest BCUT2D eigenvalue weighted by atomic mass is 32.2. The summed E-state index contributed by atoms with van der Waals surface area (Å²) in [6, 6.07) is 20.6. The van der Waals surface area contributed by atoms with Crippen molar-refractivity contribution in [3.63, 3.8) is 0 Å². The maximum atomic E-state index is 13.1. The lowest BCUT2D eigenvalue weighted by Gasteiger charge is -2.34. The number of amides is 1. The van der Waals surface area contributed by atoms with Gasteiger partial charge in [0.2, 0.25) is 5.91 Å². The molecule has 2 aromatic heterocycles.